The monoisotopic (exact) mass is 481 g/mol. The molecular weight excluding hydrogens is 434 g/mol. The third kappa shape index (κ3) is 8.43. The van der Waals surface area contributed by atoms with E-state index in [1.807, 2.05) is 26.2 Å². The van der Waals surface area contributed by atoms with Gasteiger partial charge in [0.1, 0.15) is 5.82 Å². The molecule has 2 aromatic rings. The van der Waals surface area contributed by atoms with Gasteiger partial charge in [0.25, 0.3) is 0 Å². The molecule has 1 aliphatic heterocycles. The number of rotatable bonds is 9. The standard InChI is InChI=1S/C26H41N7.C2H6/c1-4-5-13-27-26-29-15-23(25(32-26)31-22-9-7-6-8-10-22)24-12-11-21(14-28-24)18-33-16-19(2)30-20(3)17-33;1-2/h11-12,14-15,19-20,22,30H,4-10,13,16-18H2,1-3H3,(H2,27,29,31,32);1-2H3. The number of piperazine rings is 1. The van der Waals surface area contributed by atoms with E-state index in [2.05, 4.69) is 58.7 Å². The van der Waals surface area contributed by atoms with Gasteiger partial charge in [0, 0.05) is 56.7 Å². The number of aromatic nitrogens is 3. The fraction of sp³-hybridized carbons (Fsp3) is 0.679. The minimum Gasteiger partial charge on any atom is -0.367 e. The van der Waals surface area contributed by atoms with Crippen LogP contribution in [0, 0.1) is 0 Å². The highest BCUT2D eigenvalue weighted by molar-refractivity contribution is 5.72. The van der Waals surface area contributed by atoms with Gasteiger partial charge >= 0.3 is 0 Å². The number of anilines is 2. The Morgan fingerprint density at radius 2 is 1.74 bits per heavy atom. The Kier molecular flexibility index (Phi) is 11.2. The predicted molar refractivity (Wildman–Crippen MR) is 148 cm³/mol. The minimum absolute atomic E-state index is 0.479. The van der Waals surface area contributed by atoms with Crippen molar-refractivity contribution < 1.29 is 0 Å². The summed E-state index contributed by atoms with van der Waals surface area (Å²) in [6.07, 6.45) is 12.5. The van der Waals surface area contributed by atoms with Crippen LogP contribution < -0.4 is 16.0 Å². The van der Waals surface area contributed by atoms with E-state index in [1.165, 1.54) is 37.7 Å². The summed E-state index contributed by atoms with van der Waals surface area (Å²) in [6.45, 7) is 14.7. The molecule has 0 spiro atoms. The number of nitrogens with zero attached hydrogens (tertiary/aromatic N) is 4. The molecule has 4 rings (SSSR count). The Hall–Kier alpha value is -2.25. The van der Waals surface area contributed by atoms with Crippen molar-refractivity contribution in [1.29, 1.82) is 0 Å². The van der Waals surface area contributed by atoms with Crippen molar-refractivity contribution in [2.24, 2.45) is 0 Å². The van der Waals surface area contributed by atoms with Crippen LogP contribution in [0.25, 0.3) is 11.3 Å². The van der Waals surface area contributed by atoms with E-state index in [0.29, 0.717) is 24.1 Å². The molecule has 0 radical (unpaired) electrons. The van der Waals surface area contributed by atoms with E-state index in [0.717, 1.165) is 56.1 Å². The molecule has 0 aromatic carbocycles. The van der Waals surface area contributed by atoms with E-state index in [1.54, 1.807) is 0 Å². The third-order valence-corrected chi connectivity index (χ3v) is 6.69. The van der Waals surface area contributed by atoms with Crippen LogP contribution in [0.2, 0.25) is 0 Å². The van der Waals surface area contributed by atoms with Crippen LogP contribution in [-0.4, -0.2) is 57.6 Å². The van der Waals surface area contributed by atoms with E-state index in [4.69, 9.17) is 9.97 Å². The smallest absolute Gasteiger partial charge is 0.224 e. The van der Waals surface area contributed by atoms with Gasteiger partial charge < -0.3 is 16.0 Å². The van der Waals surface area contributed by atoms with Crippen LogP contribution >= 0.6 is 0 Å². The van der Waals surface area contributed by atoms with Gasteiger partial charge in [-0.25, -0.2) is 4.98 Å². The summed E-state index contributed by atoms with van der Waals surface area (Å²) in [5.74, 6) is 1.60. The third-order valence-electron chi connectivity index (χ3n) is 6.69. The highest BCUT2D eigenvalue weighted by atomic mass is 15.2. The Labute approximate surface area is 212 Å². The molecule has 1 aliphatic carbocycles. The molecule has 2 aromatic heterocycles. The summed E-state index contributed by atoms with van der Waals surface area (Å²) in [7, 11) is 0. The highest BCUT2D eigenvalue weighted by Gasteiger charge is 2.21. The summed E-state index contributed by atoms with van der Waals surface area (Å²) < 4.78 is 0. The van der Waals surface area contributed by atoms with Crippen LogP contribution in [-0.2, 0) is 6.54 Å². The van der Waals surface area contributed by atoms with E-state index in [9.17, 15) is 0 Å². The van der Waals surface area contributed by atoms with Gasteiger partial charge in [-0.1, -0.05) is 52.5 Å². The molecule has 1 saturated heterocycles. The molecule has 194 valence electrons. The van der Waals surface area contributed by atoms with Crippen LogP contribution in [0.5, 0.6) is 0 Å². The first-order valence-electron chi connectivity index (χ1n) is 13.9. The summed E-state index contributed by atoms with van der Waals surface area (Å²) in [5, 5.41) is 10.7. The van der Waals surface area contributed by atoms with Crippen molar-refractivity contribution in [2.75, 3.05) is 30.3 Å². The van der Waals surface area contributed by atoms with Crippen LogP contribution in [0.3, 0.4) is 0 Å². The first-order chi connectivity index (χ1) is 17.1. The van der Waals surface area contributed by atoms with Gasteiger partial charge in [-0.2, -0.15) is 4.98 Å². The van der Waals surface area contributed by atoms with Gasteiger partial charge in [-0.3, -0.25) is 9.88 Å². The lowest BCUT2D eigenvalue weighted by atomic mass is 9.95. The van der Waals surface area contributed by atoms with Gasteiger partial charge in [-0.05, 0) is 44.7 Å². The molecule has 3 N–H and O–H groups in total. The lowest BCUT2D eigenvalue weighted by Crippen LogP contribution is -2.53. The van der Waals surface area contributed by atoms with Crippen molar-refractivity contribution >= 4 is 11.8 Å². The number of pyridine rings is 1. The van der Waals surface area contributed by atoms with E-state index < -0.39 is 0 Å². The molecule has 0 amide bonds. The highest BCUT2D eigenvalue weighted by Crippen LogP contribution is 2.29. The fourth-order valence-electron chi connectivity index (χ4n) is 5.09. The first-order valence-corrected chi connectivity index (χ1v) is 13.9. The van der Waals surface area contributed by atoms with Gasteiger partial charge in [0.15, 0.2) is 0 Å². The van der Waals surface area contributed by atoms with Gasteiger partial charge in [0.05, 0.1) is 11.3 Å². The van der Waals surface area contributed by atoms with Crippen LogP contribution in [0.4, 0.5) is 11.8 Å². The Morgan fingerprint density at radius 1 is 1.00 bits per heavy atom. The van der Waals surface area contributed by atoms with Crippen molar-refractivity contribution in [3.63, 3.8) is 0 Å². The van der Waals surface area contributed by atoms with E-state index in [-0.39, 0.29) is 0 Å². The topological polar surface area (TPSA) is 78.0 Å². The molecular formula is C28H47N7. The maximum absolute atomic E-state index is 4.86. The average Bonchev–Trinajstić information content (AvgIpc) is 2.86. The fourth-order valence-corrected chi connectivity index (χ4v) is 5.09. The largest absolute Gasteiger partial charge is 0.367 e. The summed E-state index contributed by atoms with van der Waals surface area (Å²) in [4.78, 5) is 16.8. The van der Waals surface area contributed by atoms with Gasteiger partial charge in [0.2, 0.25) is 5.95 Å². The number of nitrogens with one attached hydrogen (secondary N) is 3. The average molecular weight is 482 g/mol. The maximum atomic E-state index is 4.86. The Bertz CT molecular complexity index is 854. The molecule has 2 fully saturated rings. The molecule has 2 unspecified atom stereocenters. The molecule has 1 saturated carbocycles. The second kappa shape index (κ2) is 14.3. The number of hydrogen-bond acceptors (Lipinski definition) is 7. The molecule has 0 bridgehead atoms. The molecule has 2 atom stereocenters. The normalized spacial score (nSPS) is 21.2. The molecule has 7 nitrogen and oxygen atoms in total. The van der Waals surface area contributed by atoms with E-state index >= 15 is 0 Å². The van der Waals surface area contributed by atoms with Crippen molar-refractivity contribution in [2.45, 2.75) is 104 Å². The molecule has 7 heteroatoms. The van der Waals surface area contributed by atoms with Crippen molar-refractivity contribution in [3.05, 3.63) is 30.1 Å². The summed E-state index contributed by atoms with van der Waals surface area (Å²) in [6, 6.07) is 5.86. The summed E-state index contributed by atoms with van der Waals surface area (Å²) in [5.41, 5.74) is 3.16. The second-order valence-corrected chi connectivity index (χ2v) is 9.93. The van der Waals surface area contributed by atoms with Crippen LogP contribution in [0.1, 0.15) is 85.1 Å². The lowest BCUT2D eigenvalue weighted by Gasteiger charge is -2.36. The molecule has 3 heterocycles. The minimum atomic E-state index is 0.479. The lowest BCUT2D eigenvalue weighted by molar-refractivity contribution is 0.166. The Balaban J connectivity index is 0.00000167. The summed E-state index contributed by atoms with van der Waals surface area (Å²) >= 11 is 0. The maximum Gasteiger partial charge on any atom is 0.224 e. The number of hydrogen-bond donors (Lipinski definition) is 3. The quantitative estimate of drug-likeness (QED) is 0.396. The first kappa shape index (κ1) is 27.3. The zero-order chi connectivity index (χ0) is 25.0. The zero-order valence-electron chi connectivity index (χ0n) is 22.6. The Morgan fingerprint density at radius 3 is 2.40 bits per heavy atom. The zero-order valence-corrected chi connectivity index (χ0v) is 22.6. The van der Waals surface area contributed by atoms with Crippen LogP contribution in [0.15, 0.2) is 24.5 Å². The molecule has 2 aliphatic rings. The molecule has 35 heavy (non-hydrogen) atoms. The van der Waals surface area contributed by atoms with Crippen molar-refractivity contribution in [3.8, 4) is 11.3 Å². The number of unbranched alkanes of at least 4 members (excludes halogenated alkanes) is 1. The van der Waals surface area contributed by atoms with Crippen molar-refractivity contribution in [1.82, 2.24) is 25.2 Å². The SMILES string of the molecule is CC.CCCCNc1ncc(-c2ccc(CN3CC(C)NC(C)C3)cn2)c(NC2CCCCC2)n1. The second-order valence-electron chi connectivity index (χ2n) is 9.93. The van der Waals surface area contributed by atoms with Gasteiger partial charge in [-0.15, -0.1) is 0 Å². The predicted octanol–water partition coefficient (Wildman–Crippen LogP) is 5.70.